The van der Waals surface area contributed by atoms with E-state index >= 15 is 0 Å². The Balaban J connectivity index is 1.21. The van der Waals surface area contributed by atoms with Gasteiger partial charge in [-0.25, -0.2) is 4.79 Å². The Labute approximate surface area is 204 Å². The van der Waals surface area contributed by atoms with Crippen molar-refractivity contribution in [2.45, 2.75) is 57.5 Å². The number of carbonyl (C=O) groups excluding carboxylic acids is 1. The van der Waals surface area contributed by atoms with Crippen molar-refractivity contribution in [2.24, 2.45) is 11.8 Å². The number of hydrogen-bond donors (Lipinski definition) is 0. The molecule has 1 aliphatic carbocycles. The minimum Gasteiger partial charge on any atom is -0.482 e. The topological polar surface area (TPSA) is 63.0 Å². The van der Waals surface area contributed by atoms with Crippen molar-refractivity contribution >= 4 is 28.5 Å². The van der Waals surface area contributed by atoms with Crippen LogP contribution in [-0.2, 0) is 4.79 Å². The van der Waals surface area contributed by atoms with Gasteiger partial charge in [-0.2, -0.15) is 0 Å². The molecule has 3 saturated heterocycles. The number of ether oxygens (including phenoxy) is 1. The molecule has 0 radical (unpaired) electrons. The summed E-state index contributed by atoms with van der Waals surface area (Å²) in [4.78, 5) is 29.9. The number of carbonyl (C=O) groups is 1. The Bertz CT molecular complexity index is 1220. The van der Waals surface area contributed by atoms with Crippen molar-refractivity contribution < 1.29 is 13.9 Å². The molecule has 0 N–H and O–H groups in total. The summed E-state index contributed by atoms with van der Waals surface area (Å²) in [6.07, 6.45) is 9.77. The summed E-state index contributed by atoms with van der Waals surface area (Å²) in [5.41, 5.74) is 2.26. The average Bonchev–Trinajstić information content (AvgIpc) is 2.83. The van der Waals surface area contributed by atoms with Gasteiger partial charge in [0.05, 0.1) is 11.1 Å². The largest absolute Gasteiger partial charge is 0.482 e. The fourth-order valence-corrected chi connectivity index (χ4v) is 7.12. The van der Waals surface area contributed by atoms with Crippen LogP contribution in [0.25, 0.3) is 11.0 Å². The van der Waals surface area contributed by atoms with Crippen LogP contribution in [0.15, 0.2) is 39.1 Å². The third-order valence-electron chi connectivity index (χ3n) is 8.33. The lowest BCUT2D eigenvalue weighted by Crippen LogP contribution is -2.60. The standard InChI is InChI=1S/C27H31ClN2O4/c1-16-9-26(32)34-23-13-24(21(28)12-20(16)23)33-15-25(31)30-8-4-5-17-10-18-11-19(27(17)30)14-29-7-3-2-6-22(18)29/h9-10,12-13,18-19,22,27H,2-8,11,14-15H2,1H3. The van der Waals surface area contributed by atoms with Gasteiger partial charge >= 0.3 is 5.63 Å². The van der Waals surface area contributed by atoms with E-state index in [0.717, 1.165) is 36.9 Å². The first-order chi connectivity index (χ1) is 16.5. The molecule has 6 nitrogen and oxygen atoms in total. The number of benzene rings is 1. The number of piperidine rings is 3. The Morgan fingerprint density at radius 2 is 2.09 bits per heavy atom. The molecular formula is C27H31ClN2O4. The molecule has 1 amide bonds. The van der Waals surface area contributed by atoms with Crippen LogP contribution in [0.3, 0.4) is 0 Å². The molecule has 4 atom stereocenters. The zero-order chi connectivity index (χ0) is 23.4. The second-order valence-corrected chi connectivity index (χ2v) is 10.8. The Hall–Kier alpha value is -2.31. The molecule has 7 heteroatoms. The van der Waals surface area contributed by atoms with Crippen molar-refractivity contribution in [1.29, 1.82) is 0 Å². The zero-order valence-corrected chi connectivity index (χ0v) is 20.4. The normalized spacial score (nSPS) is 28.8. The molecule has 2 aromatic rings. The summed E-state index contributed by atoms with van der Waals surface area (Å²) in [7, 11) is 0. The molecule has 0 spiro atoms. The highest BCUT2D eigenvalue weighted by atomic mass is 35.5. The maximum absolute atomic E-state index is 13.4. The average molecular weight is 483 g/mol. The second-order valence-electron chi connectivity index (χ2n) is 10.4. The Morgan fingerprint density at radius 3 is 2.97 bits per heavy atom. The number of amides is 1. The minimum atomic E-state index is -0.416. The van der Waals surface area contributed by atoms with Gasteiger partial charge in [0.1, 0.15) is 11.3 Å². The molecule has 1 aromatic heterocycles. The summed E-state index contributed by atoms with van der Waals surface area (Å²) in [5, 5.41) is 1.17. The van der Waals surface area contributed by atoms with Crippen LogP contribution in [0.1, 0.15) is 44.1 Å². The number of nitrogens with zero attached hydrogens (tertiary/aromatic N) is 2. The highest BCUT2D eigenvalue weighted by Gasteiger charge is 2.46. The summed E-state index contributed by atoms with van der Waals surface area (Å²) in [6, 6.07) is 5.68. The molecule has 2 bridgehead atoms. The van der Waals surface area contributed by atoms with Crippen molar-refractivity contribution in [3.63, 3.8) is 0 Å². The number of rotatable bonds is 3. The van der Waals surface area contributed by atoms with Gasteiger partial charge in [-0.15, -0.1) is 0 Å². The number of hydrogen-bond acceptors (Lipinski definition) is 5. The number of fused-ring (bicyclic) bond motifs is 7. The van der Waals surface area contributed by atoms with Gasteiger partial charge in [0.2, 0.25) is 0 Å². The second kappa shape index (κ2) is 8.72. The van der Waals surface area contributed by atoms with Gasteiger partial charge in [0, 0.05) is 36.7 Å². The van der Waals surface area contributed by atoms with Gasteiger partial charge in [0.15, 0.2) is 6.61 Å². The number of halogens is 1. The SMILES string of the molecule is Cc1cc(=O)oc2cc(OCC(=O)N3CCCC4=CC5CC(CN6CCCCC56)C43)c(Cl)cc12. The van der Waals surface area contributed by atoms with E-state index in [1.165, 1.54) is 43.9 Å². The predicted octanol–water partition coefficient (Wildman–Crippen LogP) is 4.56. The molecule has 4 unspecified atom stereocenters. The first-order valence-electron chi connectivity index (χ1n) is 12.6. The van der Waals surface area contributed by atoms with Crippen LogP contribution < -0.4 is 10.4 Å². The summed E-state index contributed by atoms with van der Waals surface area (Å²) < 4.78 is 11.2. The quantitative estimate of drug-likeness (QED) is 0.474. The summed E-state index contributed by atoms with van der Waals surface area (Å²) in [6.45, 7) is 4.83. The third-order valence-corrected chi connectivity index (χ3v) is 8.63. The molecule has 4 aliphatic rings. The van der Waals surface area contributed by atoms with E-state index in [-0.39, 0.29) is 18.6 Å². The lowest BCUT2D eigenvalue weighted by molar-refractivity contribution is -0.138. The highest BCUT2D eigenvalue weighted by molar-refractivity contribution is 6.32. The van der Waals surface area contributed by atoms with Gasteiger partial charge in [-0.05, 0) is 69.0 Å². The molecule has 180 valence electrons. The minimum absolute atomic E-state index is 0.00308. The first-order valence-corrected chi connectivity index (χ1v) is 13.0. The van der Waals surface area contributed by atoms with Crippen LogP contribution in [0.5, 0.6) is 5.75 Å². The molecule has 3 fully saturated rings. The van der Waals surface area contributed by atoms with Crippen molar-refractivity contribution in [1.82, 2.24) is 9.80 Å². The fourth-order valence-electron chi connectivity index (χ4n) is 6.91. The maximum Gasteiger partial charge on any atom is 0.336 e. The predicted molar refractivity (Wildman–Crippen MR) is 131 cm³/mol. The van der Waals surface area contributed by atoms with Crippen LogP contribution in [0, 0.1) is 18.8 Å². The molecular weight excluding hydrogens is 452 g/mol. The lowest BCUT2D eigenvalue weighted by atomic mass is 9.68. The first kappa shape index (κ1) is 22.2. The summed E-state index contributed by atoms with van der Waals surface area (Å²) in [5.74, 6) is 1.51. The molecule has 34 heavy (non-hydrogen) atoms. The van der Waals surface area contributed by atoms with Crippen LogP contribution in [0.2, 0.25) is 5.02 Å². The third kappa shape index (κ3) is 3.85. The van der Waals surface area contributed by atoms with E-state index in [1.807, 2.05) is 6.92 Å². The molecule has 4 heterocycles. The van der Waals surface area contributed by atoms with E-state index in [4.69, 9.17) is 20.8 Å². The van der Waals surface area contributed by atoms with Gasteiger partial charge in [-0.1, -0.05) is 29.7 Å². The monoisotopic (exact) mass is 482 g/mol. The van der Waals surface area contributed by atoms with Gasteiger partial charge in [0.25, 0.3) is 5.91 Å². The summed E-state index contributed by atoms with van der Waals surface area (Å²) >= 11 is 6.44. The van der Waals surface area contributed by atoms with Crippen LogP contribution >= 0.6 is 11.6 Å². The molecule has 0 saturated carbocycles. The Morgan fingerprint density at radius 1 is 1.21 bits per heavy atom. The van der Waals surface area contributed by atoms with Gasteiger partial charge in [-0.3, -0.25) is 9.69 Å². The van der Waals surface area contributed by atoms with Gasteiger partial charge < -0.3 is 14.1 Å². The van der Waals surface area contributed by atoms with E-state index in [1.54, 1.807) is 12.1 Å². The lowest BCUT2D eigenvalue weighted by Gasteiger charge is -2.54. The molecule has 6 rings (SSSR count). The smallest absolute Gasteiger partial charge is 0.336 e. The highest BCUT2D eigenvalue weighted by Crippen LogP contribution is 2.45. The van der Waals surface area contributed by atoms with E-state index in [9.17, 15) is 9.59 Å². The number of aryl methyl sites for hydroxylation is 1. The van der Waals surface area contributed by atoms with Crippen molar-refractivity contribution in [3.05, 3.63) is 50.9 Å². The molecule has 3 aliphatic heterocycles. The van der Waals surface area contributed by atoms with Crippen LogP contribution in [0.4, 0.5) is 0 Å². The molecule has 1 aromatic carbocycles. The number of likely N-dealkylation sites (tertiary alicyclic amines) is 1. The van der Waals surface area contributed by atoms with Crippen molar-refractivity contribution in [3.8, 4) is 5.75 Å². The maximum atomic E-state index is 13.4. The zero-order valence-electron chi connectivity index (χ0n) is 19.6. The Kier molecular flexibility index (Phi) is 5.69. The van der Waals surface area contributed by atoms with E-state index < -0.39 is 5.63 Å². The van der Waals surface area contributed by atoms with Crippen molar-refractivity contribution in [2.75, 3.05) is 26.2 Å². The van der Waals surface area contributed by atoms with E-state index in [2.05, 4.69) is 15.9 Å². The van der Waals surface area contributed by atoms with E-state index in [0.29, 0.717) is 34.2 Å². The fraction of sp³-hybridized carbons (Fsp3) is 0.556. The van der Waals surface area contributed by atoms with Crippen LogP contribution in [-0.4, -0.2) is 54.0 Å².